The number of nitrogens with zero attached hydrogens (tertiary/aromatic N) is 1. The van der Waals surface area contributed by atoms with E-state index in [2.05, 4.69) is 37.9 Å². The first-order valence-electron chi connectivity index (χ1n) is 5.03. The van der Waals surface area contributed by atoms with Crippen molar-refractivity contribution in [3.8, 4) is 0 Å². The van der Waals surface area contributed by atoms with Gasteiger partial charge in [0.05, 0.1) is 12.6 Å². The van der Waals surface area contributed by atoms with E-state index in [-0.39, 0.29) is 6.04 Å². The fraction of sp³-hybridized carbons (Fsp3) is 0.900. The molecule has 1 aliphatic rings. The van der Waals surface area contributed by atoms with E-state index in [4.69, 9.17) is 0 Å². The van der Waals surface area contributed by atoms with E-state index in [1.165, 1.54) is 0 Å². The second-order valence-corrected chi connectivity index (χ2v) is 4.36. The molecule has 1 unspecified atom stereocenters. The van der Waals surface area contributed by atoms with Crippen LogP contribution in [0.3, 0.4) is 0 Å². The van der Waals surface area contributed by atoms with Crippen molar-refractivity contribution in [2.24, 2.45) is 0 Å². The molecule has 1 aliphatic heterocycles. The lowest BCUT2D eigenvalue weighted by atomic mass is 10.2. The summed E-state index contributed by atoms with van der Waals surface area (Å²) in [6, 6.07) is 0.923. The van der Waals surface area contributed by atoms with E-state index in [0.29, 0.717) is 24.4 Å². The second kappa shape index (κ2) is 4.20. The molecule has 0 amide bonds. The molecule has 1 saturated heterocycles. The second-order valence-electron chi connectivity index (χ2n) is 4.36. The van der Waals surface area contributed by atoms with Crippen LogP contribution in [0.1, 0.15) is 27.7 Å². The Kier molecular flexibility index (Phi) is 3.45. The molecule has 0 aromatic carbocycles. The van der Waals surface area contributed by atoms with Gasteiger partial charge in [-0.3, -0.25) is 9.69 Å². The van der Waals surface area contributed by atoms with Gasteiger partial charge >= 0.3 is 0 Å². The van der Waals surface area contributed by atoms with Crippen LogP contribution in [-0.4, -0.2) is 41.9 Å². The lowest BCUT2D eigenvalue weighted by Gasteiger charge is -2.20. The summed E-state index contributed by atoms with van der Waals surface area (Å²) < 4.78 is 0. The summed E-state index contributed by atoms with van der Waals surface area (Å²) in [6.45, 7) is 9.89. The highest BCUT2D eigenvalue weighted by Crippen LogP contribution is 2.09. The van der Waals surface area contributed by atoms with E-state index >= 15 is 0 Å². The van der Waals surface area contributed by atoms with Crippen molar-refractivity contribution < 1.29 is 4.79 Å². The van der Waals surface area contributed by atoms with Gasteiger partial charge in [-0.05, 0) is 13.8 Å². The Balaban J connectivity index is 2.47. The van der Waals surface area contributed by atoms with Crippen LogP contribution in [0.5, 0.6) is 0 Å². The number of likely N-dealkylation sites (tertiary alicyclic amines) is 1. The maximum Gasteiger partial charge on any atom is 0.164 e. The molecule has 1 atom stereocenters. The number of ketones is 1. The van der Waals surface area contributed by atoms with E-state index < -0.39 is 0 Å². The van der Waals surface area contributed by atoms with E-state index in [1.54, 1.807) is 0 Å². The molecule has 0 aliphatic carbocycles. The molecule has 3 nitrogen and oxygen atoms in total. The highest BCUT2D eigenvalue weighted by molar-refractivity contribution is 5.88. The third kappa shape index (κ3) is 2.78. The number of carbonyl (C=O) groups excluding carboxylic acids is 1. The summed E-state index contributed by atoms with van der Waals surface area (Å²) in [5.41, 5.74) is 0. The molecule has 1 heterocycles. The highest BCUT2D eigenvalue weighted by Gasteiger charge is 2.31. The zero-order valence-corrected chi connectivity index (χ0v) is 9.00. The van der Waals surface area contributed by atoms with Gasteiger partial charge in [-0.2, -0.15) is 0 Å². The topological polar surface area (TPSA) is 32.3 Å². The Morgan fingerprint density at radius 3 is 2.38 bits per heavy atom. The van der Waals surface area contributed by atoms with Crippen LogP contribution in [-0.2, 0) is 4.79 Å². The minimum absolute atomic E-state index is 0.0578. The predicted molar refractivity (Wildman–Crippen MR) is 53.8 cm³/mol. The van der Waals surface area contributed by atoms with Gasteiger partial charge in [0.1, 0.15) is 0 Å². The normalized spacial score (nSPS) is 25.1. The Hall–Kier alpha value is -0.410. The molecule has 1 N–H and O–H groups in total. The molecule has 0 saturated carbocycles. The Morgan fingerprint density at radius 1 is 1.38 bits per heavy atom. The highest BCUT2D eigenvalue weighted by atomic mass is 16.1. The SMILES string of the molecule is CC(C)NC1CN(C(C)C)CC1=O. The van der Waals surface area contributed by atoms with Crippen LogP contribution in [0.2, 0.25) is 0 Å². The summed E-state index contributed by atoms with van der Waals surface area (Å²) >= 11 is 0. The van der Waals surface area contributed by atoms with E-state index in [1.807, 2.05) is 0 Å². The van der Waals surface area contributed by atoms with E-state index in [0.717, 1.165) is 6.54 Å². The molecule has 0 spiro atoms. The van der Waals surface area contributed by atoms with Gasteiger partial charge in [0, 0.05) is 18.6 Å². The maximum absolute atomic E-state index is 11.5. The first kappa shape index (κ1) is 10.7. The predicted octanol–water partition coefficient (Wildman–Crippen LogP) is 0.646. The molecule has 0 aromatic rings. The van der Waals surface area contributed by atoms with Crippen LogP contribution in [0.4, 0.5) is 0 Å². The summed E-state index contributed by atoms with van der Waals surface area (Å²) in [4.78, 5) is 13.7. The summed E-state index contributed by atoms with van der Waals surface area (Å²) in [5, 5.41) is 3.29. The quantitative estimate of drug-likeness (QED) is 0.699. The van der Waals surface area contributed by atoms with Gasteiger partial charge in [-0.15, -0.1) is 0 Å². The van der Waals surface area contributed by atoms with Crippen molar-refractivity contribution in [1.29, 1.82) is 0 Å². The number of hydrogen-bond donors (Lipinski definition) is 1. The van der Waals surface area contributed by atoms with Gasteiger partial charge < -0.3 is 5.32 Å². The van der Waals surface area contributed by atoms with Crippen LogP contribution in [0.15, 0.2) is 0 Å². The van der Waals surface area contributed by atoms with Crippen LogP contribution in [0, 0.1) is 0 Å². The smallest absolute Gasteiger partial charge is 0.164 e. The van der Waals surface area contributed by atoms with Gasteiger partial charge in [0.25, 0.3) is 0 Å². The van der Waals surface area contributed by atoms with Crippen molar-refractivity contribution in [1.82, 2.24) is 10.2 Å². The standard InChI is InChI=1S/C10H20N2O/c1-7(2)11-9-5-12(8(3)4)6-10(9)13/h7-9,11H,5-6H2,1-4H3. The lowest BCUT2D eigenvalue weighted by Crippen LogP contribution is -2.41. The first-order chi connectivity index (χ1) is 6.00. The number of Topliss-reactive ketones (excluding diaryl/α,β-unsaturated/α-hetero) is 1. The van der Waals surface area contributed by atoms with E-state index in [9.17, 15) is 4.79 Å². The summed E-state index contributed by atoms with van der Waals surface area (Å²) in [5.74, 6) is 0.336. The van der Waals surface area contributed by atoms with Crippen molar-refractivity contribution >= 4 is 5.78 Å². The lowest BCUT2D eigenvalue weighted by molar-refractivity contribution is -0.118. The van der Waals surface area contributed by atoms with Gasteiger partial charge in [-0.1, -0.05) is 13.8 Å². The molecule has 1 rings (SSSR count). The Bertz CT molecular complexity index is 189. The van der Waals surface area contributed by atoms with Crippen molar-refractivity contribution in [3.05, 3.63) is 0 Å². The number of hydrogen-bond acceptors (Lipinski definition) is 3. The van der Waals surface area contributed by atoms with Crippen LogP contribution >= 0.6 is 0 Å². The molecule has 76 valence electrons. The number of nitrogens with one attached hydrogen (secondary N) is 1. The Labute approximate surface area is 80.5 Å². The number of rotatable bonds is 3. The molecule has 0 radical (unpaired) electrons. The fourth-order valence-electron chi connectivity index (χ4n) is 1.65. The molecule has 0 aromatic heterocycles. The fourth-order valence-corrected chi connectivity index (χ4v) is 1.65. The van der Waals surface area contributed by atoms with Crippen molar-refractivity contribution in [2.45, 2.75) is 45.8 Å². The molecule has 0 bridgehead atoms. The van der Waals surface area contributed by atoms with Crippen LogP contribution < -0.4 is 5.32 Å². The van der Waals surface area contributed by atoms with Crippen molar-refractivity contribution in [2.75, 3.05) is 13.1 Å². The molecular formula is C10H20N2O. The number of carbonyl (C=O) groups is 1. The largest absolute Gasteiger partial charge is 0.304 e. The first-order valence-corrected chi connectivity index (χ1v) is 5.03. The monoisotopic (exact) mass is 184 g/mol. The molecule has 1 fully saturated rings. The molecular weight excluding hydrogens is 164 g/mol. The maximum atomic E-state index is 11.5. The zero-order valence-electron chi connectivity index (χ0n) is 9.00. The minimum atomic E-state index is 0.0578. The average molecular weight is 184 g/mol. The van der Waals surface area contributed by atoms with Crippen molar-refractivity contribution in [3.63, 3.8) is 0 Å². The third-order valence-corrected chi connectivity index (χ3v) is 2.43. The minimum Gasteiger partial charge on any atom is -0.304 e. The molecule has 3 heteroatoms. The summed E-state index contributed by atoms with van der Waals surface area (Å²) in [7, 11) is 0. The van der Waals surface area contributed by atoms with Gasteiger partial charge in [0.15, 0.2) is 5.78 Å². The summed E-state index contributed by atoms with van der Waals surface area (Å²) in [6.07, 6.45) is 0. The van der Waals surface area contributed by atoms with Gasteiger partial charge in [0.2, 0.25) is 0 Å². The zero-order chi connectivity index (χ0) is 10.0. The average Bonchev–Trinajstić information content (AvgIpc) is 2.31. The molecule has 13 heavy (non-hydrogen) atoms. The third-order valence-electron chi connectivity index (χ3n) is 2.43. The van der Waals surface area contributed by atoms with Crippen LogP contribution in [0.25, 0.3) is 0 Å². The van der Waals surface area contributed by atoms with Gasteiger partial charge in [-0.25, -0.2) is 0 Å². The Morgan fingerprint density at radius 2 is 2.00 bits per heavy atom.